The van der Waals surface area contributed by atoms with Crippen LogP contribution in [-0.4, -0.2) is 25.5 Å². The molecule has 0 aliphatic rings. The molecule has 0 amide bonds. The van der Waals surface area contributed by atoms with Crippen LogP contribution in [0.1, 0.15) is 60.3 Å². The third-order valence-electron chi connectivity index (χ3n) is 4.44. The monoisotopic (exact) mass is 314 g/mol. The molecule has 0 aromatic heterocycles. The molecule has 21 heavy (non-hydrogen) atoms. The lowest BCUT2D eigenvalue weighted by molar-refractivity contribution is -0.137. The van der Waals surface area contributed by atoms with Crippen LogP contribution in [0.2, 0.25) is 18.1 Å². The van der Waals surface area contributed by atoms with Crippen LogP contribution in [0, 0.1) is 5.92 Å². The maximum absolute atomic E-state index is 10.7. The van der Waals surface area contributed by atoms with E-state index in [-0.39, 0.29) is 17.6 Å². The zero-order valence-electron chi connectivity index (χ0n) is 15.0. The highest BCUT2D eigenvalue weighted by molar-refractivity contribution is 6.74. The van der Waals surface area contributed by atoms with E-state index in [1.165, 1.54) is 0 Å². The van der Waals surface area contributed by atoms with E-state index in [1.807, 2.05) is 6.92 Å². The molecule has 0 aliphatic carbocycles. The SMILES string of the molecule is C=C(C)C[C@H](C)[C@H](CCCC(=O)O)O[Si](C)(C)C(C)(C)C. The maximum atomic E-state index is 10.7. The third kappa shape index (κ3) is 7.81. The number of aliphatic carboxylic acids is 1. The summed E-state index contributed by atoms with van der Waals surface area (Å²) in [5, 5.41) is 8.99. The van der Waals surface area contributed by atoms with Gasteiger partial charge in [-0.3, -0.25) is 4.79 Å². The summed E-state index contributed by atoms with van der Waals surface area (Å²) >= 11 is 0. The van der Waals surface area contributed by atoms with Gasteiger partial charge in [0.15, 0.2) is 8.32 Å². The zero-order valence-corrected chi connectivity index (χ0v) is 16.0. The molecule has 0 spiro atoms. The van der Waals surface area contributed by atoms with Gasteiger partial charge in [0.25, 0.3) is 0 Å². The first-order valence-electron chi connectivity index (χ1n) is 7.91. The van der Waals surface area contributed by atoms with Crippen molar-refractivity contribution < 1.29 is 14.3 Å². The Labute approximate surface area is 131 Å². The van der Waals surface area contributed by atoms with Gasteiger partial charge in [-0.1, -0.05) is 33.3 Å². The normalized spacial score (nSPS) is 15.6. The van der Waals surface area contributed by atoms with Crippen LogP contribution in [0.15, 0.2) is 12.2 Å². The van der Waals surface area contributed by atoms with Crippen molar-refractivity contribution in [2.45, 2.75) is 84.5 Å². The Bertz CT molecular complexity index is 356. The quantitative estimate of drug-likeness (QED) is 0.468. The lowest BCUT2D eigenvalue weighted by atomic mass is 9.94. The lowest BCUT2D eigenvalue weighted by Gasteiger charge is -2.41. The van der Waals surface area contributed by atoms with Gasteiger partial charge in [-0.15, -0.1) is 6.58 Å². The van der Waals surface area contributed by atoms with Gasteiger partial charge >= 0.3 is 5.97 Å². The molecule has 1 N–H and O–H groups in total. The van der Waals surface area contributed by atoms with Gasteiger partial charge < -0.3 is 9.53 Å². The summed E-state index contributed by atoms with van der Waals surface area (Å²) in [6.07, 6.45) is 2.77. The maximum Gasteiger partial charge on any atom is 0.303 e. The minimum atomic E-state index is -1.84. The molecule has 3 nitrogen and oxygen atoms in total. The second-order valence-electron chi connectivity index (χ2n) is 7.84. The highest BCUT2D eigenvalue weighted by Crippen LogP contribution is 2.39. The standard InChI is InChI=1S/C17H34O3Si/c1-13(2)12-14(3)15(10-9-11-16(18)19)20-21(7,8)17(4,5)6/h14-15H,1,9-12H2,2-8H3,(H,18,19)/t14-,15-/m0/s1. The van der Waals surface area contributed by atoms with Crippen LogP contribution in [-0.2, 0) is 9.22 Å². The number of carbonyl (C=O) groups is 1. The summed E-state index contributed by atoms with van der Waals surface area (Å²) in [6.45, 7) is 19.4. The first kappa shape index (κ1) is 20.4. The Morgan fingerprint density at radius 2 is 1.86 bits per heavy atom. The Morgan fingerprint density at radius 1 is 1.33 bits per heavy atom. The van der Waals surface area contributed by atoms with E-state index in [4.69, 9.17) is 9.53 Å². The first-order valence-corrected chi connectivity index (χ1v) is 10.8. The summed E-state index contributed by atoms with van der Waals surface area (Å²) in [4.78, 5) is 10.7. The molecule has 0 radical (unpaired) electrons. The molecule has 0 aromatic rings. The van der Waals surface area contributed by atoms with Crippen molar-refractivity contribution in [3.8, 4) is 0 Å². The average molecular weight is 315 g/mol. The van der Waals surface area contributed by atoms with Gasteiger partial charge in [0.1, 0.15) is 0 Å². The molecule has 0 fully saturated rings. The smallest absolute Gasteiger partial charge is 0.303 e. The van der Waals surface area contributed by atoms with Crippen LogP contribution in [0.25, 0.3) is 0 Å². The minimum absolute atomic E-state index is 0.127. The van der Waals surface area contributed by atoms with E-state index in [0.717, 1.165) is 18.4 Å². The number of hydrogen-bond acceptors (Lipinski definition) is 2. The number of carboxylic acids is 1. The van der Waals surface area contributed by atoms with Crippen molar-refractivity contribution in [2.24, 2.45) is 5.92 Å². The van der Waals surface area contributed by atoms with Crippen molar-refractivity contribution in [2.75, 3.05) is 0 Å². The van der Waals surface area contributed by atoms with Crippen LogP contribution in [0.3, 0.4) is 0 Å². The first-order chi connectivity index (χ1) is 9.36. The third-order valence-corrected chi connectivity index (χ3v) is 8.94. The number of rotatable bonds is 9. The Morgan fingerprint density at radius 3 is 2.24 bits per heavy atom. The van der Waals surface area contributed by atoms with Crippen molar-refractivity contribution in [3.63, 3.8) is 0 Å². The summed E-state index contributed by atoms with van der Waals surface area (Å²) < 4.78 is 6.55. The van der Waals surface area contributed by atoms with Gasteiger partial charge in [-0.05, 0) is 50.2 Å². The molecule has 124 valence electrons. The van der Waals surface area contributed by atoms with Gasteiger partial charge in [0.05, 0.1) is 0 Å². The molecule has 0 rings (SSSR count). The molecule has 4 heteroatoms. The number of carboxylic acid groups (broad SMARTS) is 1. The second-order valence-corrected chi connectivity index (χ2v) is 12.6. The average Bonchev–Trinajstić information content (AvgIpc) is 2.24. The second kappa shape index (κ2) is 8.13. The van der Waals surface area contributed by atoms with Gasteiger partial charge in [-0.2, -0.15) is 0 Å². The molecule has 0 heterocycles. The molecular weight excluding hydrogens is 280 g/mol. The van der Waals surface area contributed by atoms with E-state index in [2.05, 4.69) is 47.4 Å². The van der Waals surface area contributed by atoms with Crippen molar-refractivity contribution >= 4 is 14.3 Å². The molecule has 2 atom stereocenters. The van der Waals surface area contributed by atoms with Crippen LogP contribution in [0.4, 0.5) is 0 Å². The Kier molecular flexibility index (Phi) is 7.90. The van der Waals surface area contributed by atoms with E-state index < -0.39 is 14.3 Å². The fourth-order valence-corrected chi connectivity index (χ4v) is 3.61. The predicted octanol–water partition coefficient (Wildman–Crippen LogP) is 5.23. The van der Waals surface area contributed by atoms with Crippen molar-refractivity contribution in [1.29, 1.82) is 0 Å². The van der Waals surface area contributed by atoms with Gasteiger partial charge in [-0.25, -0.2) is 0 Å². The predicted molar refractivity (Wildman–Crippen MR) is 92.2 cm³/mol. The highest BCUT2D eigenvalue weighted by Gasteiger charge is 2.39. The number of hydrogen-bond donors (Lipinski definition) is 1. The summed E-state index contributed by atoms with van der Waals surface area (Å²) in [7, 11) is -1.84. The van der Waals surface area contributed by atoms with Gasteiger partial charge in [0.2, 0.25) is 0 Å². The van der Waals surface area contributed by atoms with Crippen molar-refractivity contribution in [3.05, 3.63) is 12.2 Å². The number of allylic oxidation sites excluding steroid dienone is 1. The van der Waals surface area contributed by atoms with Crippen LogP contribution < -0.4 is 0 Å². The van der Waals surface area contributed by atoms with Gasteiger partial charge in [0, 0.05) is 12.5 Å². The summed E-state index contributed by atoms with van der Waals surface area (Å²) in [6, 6.07) is 0. The molecular formula is C17H34O3Si. The molecule has 0 aliphatic heterocycles. The molecule has 0 unspecified atom stereocenters. The Balaban J connectivity index is 4.86. The summed E-state index contributed by atoms with van der Waals surface area (Å²) in [5.74, 6) is -0.348. The van der Waals surface area contributed by atoms with Crippen molar-refractivity contribution in [1.82, 2.24) is 0 Å². The highest BCUT2D eigenvalue weighted by atomic mass is 28.4. The van der Waals surface area contributed by atoms with Crippen LogP contribution >= 0.6 is 0 Å². The van der Waals surface area contributed by atoms with E-state index in [0.29, 0.717) is 12.3 Å². The minimum Gasteiger partial charge on any atom is -0.481 e. The Hall–Kier alpha value is -0.613. The van der Waals surface area contributed by atoms with E-state index in [9.17, 15) is 4.79 Å². The fraction of sp³-hybridized carbons (Fsp3) is 0.824. The fourth-order valence-electron chi connectivity index (χ4n) is 2.15. The van der Waals surface area contributed by atoms with E-state index in [1.54, 1.807) is 0 Å². The lowest BCUT2D eigenvalue weighted by Crippen LogP contribution is -2.45. The molecule has 0 saturated heterocycles. The summed E-state index contributed by atoms with van der Waals surface area (Å²) in [5.41, 5.74) is 1.16. The largest absolute Gasteiger partial charge is 0.481 e. The van der Waals surface area contributed by atoms with Crippen LogP contribution in [0.5, 0.6) is 0 Å². The molecule has 0 bridgehead atoms. The zero-order chi connectivity index (χ0) is 16.8. The van der Waals surface area contributed by atoms with E-state index >= 15 is 0 Å². The molecule has 0 aromatic carbocycles. The molecule has 0 saturated carbocycles. The topological polar surface area (TPSA) is 46.5 Å².